The third-order valence-corrected chi connectivity index (χ3v) is 5.31. The molecule has 2 rings (SSSR count). The van der Waals surface area contributed by atoms with Crippen molar-refractivity contribution in [3.63, 3.8) is 0 Å². The maximum absolute atomic E-state index is 12.8. The van der Waals surface area contributed by atoms with Crippen LogP contribution in [0.15, 0.2) is 41.3 Å². The minimum Gasteiger partial charge on any atom is -0.354 e. The van der Waals surface area contributed by atoms with Gasteiger partial charge in [0, 0.05) is 25.4 Å². The molecule has 0 aliphatic heterocycles. The Bertz CT molecular complexity index is 727. The van der Waals surface area contributed by atoms with Gasteiger partial charge >= 0.3 is 13.3 Å². The van der Waals surface area contributed by atoms with Gasteiger partial charge in [-0.15, -0.1) is 0 Å². The van der Waals surface area contributed by atoms with Gasteiger partial charge in [0.2, 0.25) is 0 Å². The number of anilines is 1. The van der Waals surface area contributed by atoms with Gasteiger partial charge < -0.3 is 14.4 Å². The number of halogens is 1. The van der Waals surface area contributed by atoms with Crippen molar-refractivity contribution in [1.82, 2.24) is 9.97 Å². The summed E-state index contributed by atoms with van der Waals surface area (Å²) in [6.07, 6.45) is 1.34. The van der Waals surface area contributed by atoms with Gasteiger partial charge in [-0.25, -0.2) is 9.78 Å². The van der Waals surface area contributed by atoms with Crippen molar-refractivity contribution in [2.24, 2.45) is 0 Å². The molecule has 1 unspecified atom stereocenters. The average Bonchev–Trinajstić information content (AvgIpc) is 2.53. The SMILES string of the molecule is COP(=O)(OC)C(Nc1ccnc(=O)[nH]1)c1ccc(Cl)cc1. The van der Waals surface area contributed by atoms with Crippen LogP contribution in [-0.4, -0.2) is 24.2 Å². The van der Waals surface area contributed by atoms with E-state index < -0.39 is 19.1 Å². The quantitative estimate of drug-likeness (QED) is 0.783. The molecular formula is C13H15ClN3O4P. The smallest absolute Gasteiger partial charge is 0.354 e. The topological polar surface area (TPSA) is 93.3 Å². The van der Waals surface area contributed by atoms with E-state index in [9.17, 15) is 9.36 Å². The van der Waals surface area contributed by atoms with Crippen LogP contribution >= 0.6 is 19.2 Å². The molecule has 0 saturated heterocycles. The first-order valence-electron chi connectivity index (χ1n) is 6.27. The van der Waals surface area contributed by atoms with Crippen LogP contribution in [0.25, 0.3) is 0 Å². The van der Waals surface area contributed by atoms with Crippen molar-refractivity contribution in [2.75, 3.05) is 19.5 Å². The van der Waals surface area contributed by atoms with Gasteiger partial charge in [0.25, 0.3) is 0 Å². The fourth-order valence-corrected chi connectivity index (χ4v) is 3.41. The van der Waals surface area contributed by atoms with Crippen molar-refractivity contribution in [3.05, 3.63) is 57.6 Å². The van der Waals surface area contributed by atoms with Gasteiger partial charge in [-0.1, -0.05) is 23.7 Å². The Morgan fingerprint density at radius 1 is 1.23 bits per heavy atom. The molecule has 2 aromatic rings. The Labute approximate surface area is 132 Å². The summed E-state index contributed by atoms with van der Waals surface area (Å²) in [5.41, 5.74) is 0.110. The van der Waals surface area contributed by atoms with Crippen LogP contribution in [0.3, 0.4) is 0 Å². The predicted molar refractivity (Wildman–Crippen MR) is 84.3 cm³/mol. The van der Waals surface area contributed by atoms with Crippen molar-refractivity contribution < 1.29 is 13.6 Å². The minimum atomic E-state index is -3.51. The van der Waals surface area contributed by atoms with E-state index in [0.29, 0.717) is 16.4 Å². The minimum absolute atomic E-state index is 0.342. The van der Waals surface area contributed by atoms with Crippen molar-refractivity contribution in [1.29, 1.82) is 0 Å². The molecular weight excluding hydrogens is 329 g/mol. The molecule has 118 valence electrons. The van der Waals surface area contributed by atoms with Crippen molar-refractivity contribution in [3.8, 4) is 0 Å². The highest BCUT2D eigenvalue weighted by molar-refractivity contribution is 7.54. The number of H-pyrrole nitrogens is 1. The first kappa shape index (κ1) is 16.7. The largest absolute Gasteiger partial charge is 0.356 e. The molecule has 0 radical (unpaired) electrons. The number of aromatic nitrogens is 2. The summed E-state index contributed by atoms with van der Waals surface area (Å²) in [7, 11) is -0.914. The molecule has 22 heavy (non-hydrogen) atoms. The monoisotopic (exact) mass is 343 g/mol. The molecule has 7 nitrogen and oxygen atoms in total. The van der Waals surface area contributed by atoms with E-state index in [1.807, 2.05) is 0 Å². The van der Waals surface area contributed by atoms with E-state index in [0.717, 1.165) is 0 Å². The summed E-state index contributed by atoms with van der Waals surface area (Å²) in [6.45, 7) is 0. The van der Waals surface area contributed by atoms with Crippen LogP contribution in [0.4, 0.5) is 5.82 Å². The molecule has 0 fully saturated rings. The highest BCUT2D eigenvalue weighted by Crippen LogP contribution is 2.59. The fourth-order valence-electron chi connectivity index (χ4n) is 1.88. The molecule has 0 saturated carbocycles. The molecule has 2 N–H and O–H groups in total. The van der Waals surface area contributed by atoms with Gasteiger partial charge in [0.1, 0.15) is 5.82 Å². The van der Waals surface area contributed by atoms with E-state index in [1.54, 1.807) is 30.3 Å². The summed E-state index contributed by atoms with van der Waals surface area (Å²) < 4.78 is 22.9. The van der Waals surface area contributed by atoms with E-state index >= 15 is 0 Å². The third kappa shape index (κ3) is 3.75. The molecule has 1 atom stereocenters. The number of nitrogens with one attached hydrogen (secondary N) is 2. The number of hydrogen-bond acceptors (Lipinski definition) is 6. The third-order valence-electron chi connectivity index (χ3n) is 2.98. The van der Waals surface area contributed by atoms with Gasteiger partial charge in [0.05, 0.1) is 0 Å². The summed E-state index contributed by atoms with van der Waals surface area (Å²) in [5, 5.41) is 3.49. The molecule has 1 aromatic carbocycles. The second kappa shape index (κ2) is 7.07. The fraction of sp³-hybridized carbons (Fsp3) is 0.231. The number of nitrogens with zero attached hydrogens (tertiary/aromatic N) is 1. The van der Waals surface area contributed by atoms with Gasteiger partial charge in [-0.05, 0) is 23.8 Å². The first-order chi connectivity index (χ1) is 10.5. The van der Waals surface area contributed by atoms with E-state index in [-0.39, 0.29) is 0 Å². The number of aromatic amines is 1. The molecule has 0 aliphatic rings. The Morgan fingerprint density at radius 3 is 2.41 bits per heavy atom. The Kier molecular flexibility index (Phi) is 5.37. The van der Waals surface area contributed by atoms with Gasteiger partial charge in [-0.3, -0.25) is 9.55 Å². The lowest BCUT2D eigenvalue weighted by Crippen LogP contribution is -2.18. The van der Waals surface area contributed by atoms with Gasteiger partial charge in [0.15, 0.2) is 5.78 Å². The zero-order chi connectivity index (χ0) is 16.2. The van der Waals surface area contributed by atoms with Crippen LogP contribution in [0, 0.1) is 0 Å². The molecule has 0 aliphatic carbocycles. The summed E-state index contributed by atoms with van der Waals surface area (Å²) in [6, 6.07) is 8.26. The Morgan fingerprint density at radius 2 is 1.86 bits per heavy atom. The highest BCUT2D eigenvalue weighted by atomic mass is 35.5. The molecule has 0 bridgehead atoms. The van der Waals surface area contributed by atoms with Crippen molar-refractivity contribution in [2.45, 2.75) is 5.78 Å². The van der Waals surface area contributed by atoms with Crippen LogP contribution in [0.2, 0.25) is 5.02 Å². The summed E-state index contributed by atoms with van der Waals surface area (Å²) in [4.78, 5) is 17.3. The van der Waals surface area contributed by atoms with E-state index in [2.05, 4.69) is 15.3 Å². The lowest BCUT2D eigenvalue weighted by Gasteiger charge is -2.26. The maximum Gasteiger partial charge on any atom is 0.356 e. The summed E-state index contributed by atoms with van der Waals surface area (Å²) >= 11 is 5.87. The molecule has 1 heterocycles. The van der Waals surface area contributed by atoms with Crippen LogP contribution < -0.4 is 11.0 Å². The van der Waals surface area contributed by atoms with Crippen molar-refractivity contribution >= 4 is 25.0 Å². The Hall–Kier alpha value is -1.66. The van der Waals surface area contributed by atoms with Crippen LogP contribution in [0.1, 0.15) is 11.3 Å². The van der Waals surface area contributed by atoms with Crippen LogP contribution in [-0.2, 0) is 13.6 Å². The zero-order valence-corrected chi connectivity index (χ0v) is 13.6. The lowest BCUT2D eigenvalue weighted by atomic mass is 10.2. The zero-order valence-electron chi connectivity index (χ0n) is 11.9. The first-order valence-corrected chi connectivity index (χ1v) is 8.26. The molecule has 0 amide bonds. The number of rotatable bonds is 6. The van der Waals surface area contributed by atoms with Gasteiger partial charge in [-0.2, -0.15) is 0 Å². The molecule has 1 aromatic heterocycles. The molecule has 0 spiro atoms. The lowest BCUT2D eigenvalue weighted by molar-refractivity contribution is 0.268. The number of benzene rings is 1. The number of hydrogen-bond donors (Lipinski definition) is 2. The van der Waals surface area contributed by atoms with Crippen LogP contribution in [0.5, 0.6) is 0 Å². The second-order valence-electron chi connectivity index (χ2n) is 4.29. The maximum atomic E-state index is 12.8. The normalized spacial score (nSPS) is 12.9. The standard InChI is InChI=1S/C13H15ClN3O4P/c1-20-22(19,21-2)12(9-3-5-10(14)6-4-9)16-11-7-8-15-13(18)17-11/h3-8,12H,1-2H3,(H2,15,16,17,18). The average molecular weight is 344 g/mol. The Balaban J connectivity index is 2.43. The second-order valence-corrected chi connectivity index (χ2v) is 7.05. The van der Waals surface area contributed by atoms with E-state index in [4.69, 9.17) is 20.6 Å². The van der Waals surface area contributed by atoms with E-state index in [1.165, 1.54) is 20.4 Å². The highest BCUT2D eigenvalue weighted by Gasteiger charge is 2.35. The summed E-state index contributed by atoms with van der Waals surface area (Å²) in [5.74, 6) is -0.480. The molecule has 9 heteroatoms. The predicted octanol–water partition coefficient (Wildman–Crippen LogP) is 3.02.